The number of aromatic nitrogens is 2. The SMILES string of the molecule is C=N/C(=N\C=C(/C)c1cccc(CO)c1F)N1CCC(=NOCc2cnn(C)c2)CC1. The van der Waals surface area contributed by atoms with Gasteiger partial charge < -0.3 is 14.8 Å². The van der Waals surface area contributed by atoms with Crippen LogP contribution >= 0.6 is 0 Å². The van der Waals surface area contributed by atoms with Crippen molar-refractivity contribution in [2.75, 3.05) is 13.1 Å². The van der Waals surface area contributed by atoms with Gasteiger partial charge >= 0.3 is 0 Å². The minimum Gasteiger partial charge on any atom is -0.392 e. The van der Waals surface area contributed by atoms with E-state index in [-0.39, 0.29) is 12.2 Å². The van der Waals surface area contributed by atoms with Gasteiger partial charge in [0.2, 0.25) is 5.96 Å². The molecule has 0 bridgehead atoms. The lowest BCUT2D eigenvalue weighted by Gasteiger charge is -2.27. The van der Waals surface area contributed by atoms with Crippen LogP contribution in [-0.2, 0) is 25.1 Å². The van der Waals surface area contributed by atoms with Crippen molar-refractivity contribution in [2.24, 2.45) is 22.2 Å². The zero-order valence-corrected chi connectivity index (χ0v) is 17.8. The number of piperidine rings is 1. The number of allylic oxidation sites excluding steroid dienone is 1. The topological polar surface area (TPSA) is 87.6 Å². The maximum atomic E-state index is 14.4. The Morgan fingerprint density at radius 3 is 2.77 bits per heavy atom. The van der Waals surface area contributed by atoms with Crippen molar-refractivity contribution in [3.63, 3.8) is 0 Å². The Kier molecular flexibility index (Phi) is 7.66. The van der Waals surface area contributed by atoms with Crippen LogP contribution in [0.1, 0.15) is 36.5 Å². The summed E-state index contributed by atoms with van der Waals surface area (Å²) in [6.45, 7) is 6.80. The largest absolute Gasteiger partial charge is 0.392 e. The fraction of sp³-hybridized carbons (Fsp3) is 0.364. The van der Waals surface area contributed by atoms with Crippen LogP contribution in [0.15, 0.2) is 51.9 Å². The van der Waals surface area contributed by atoms with Gasteiger partial charge in [-0.3, -0.25) is 4.68 Å². The molecule has 1 aliphatic rings. The van der Waals surface area contributed by atoms with Gasteiger partial charge in [-0.2, -0.15) is 5.10 Å². The van der Waals surface area contributed by atoms with Gasteiger partial charge in [0.05, 0.1) is 18.5 Å². The Morgan fingerprint density at radius 1 is 1.35 bits per heavy atom. The lowest BCUT2D eigenvalue weighted by atomic mass is 10.0. The molecular weight excluding hydrogens is 399 g/mol. The number of aliphatic hydroxyl groups excluding tert-OH is 1. The van der Waals surface area contributed by atoms with E-state index >= 15 is 0 Å². The molecule has 1 saturated heterocycles. The first-order valence-electron chi connectivity index (χ1n) is 10.0. The highest BCUT2D eigenvalue weighted by Crippen LogP contribution is 2.21. The second-order valence-corrected chi connectivity index (χ2v) is 7.28. The predicted molar refractivity (Wildman–Crippen MR) is 119 cm³/mol. The van der Waals surface area contributed by atoms with Crippen molar-refractivity contribution in [3.8, 4) is 0 Å². The van der Waals surface area contributed by atoms with Crippen molar-refractivity contribution < 1.29 is 14.3 Å². The lowest BCUT2D eigenvalue weighted by Crippen LogP contribution is -2.37. The number of nitrogens with zero attached hydrogens (tertiary/aromatic N) is 6. The minimum absolute atomic E-state index is 0.255. The molecule has 0 atom stereocenters. The van der Waals surface area contributed by atoms with Gasteiger partial charge in [-0.1, -0.05) is 23.4 Å². The van der Waals surface area contributed by atoms with E-state index in [0.717, 1.165) is 24.1 Å². The highest BCUT2D eigenvalue weighted by Gasteiger charge is 2.18. The lowest BCUT2D eigenvalue weighted by molar-refractivity contribution is 0.128. The number of oxime groups is 1. The molecule has 1 aromatic heterocycles. The van der Waals surface area contributed by atoms with Gasteiger partial charge in [-0.25, -0.2) is 14.4 Å². The number of rotatable bonds is 6. The third kappa shape index (κ3) is 5.85. The number of likely N-dealkylation sites (tertiary alicyclic amines) is 1. The van der Waals surface area contributed by atoms with Crippen LogP contribution in [0.25, 0.3) is 5.57 Å². The molecule has 0 amide bonds. The Bertz CT molecular complexity index is 1000. The van der Waals surface area contributed by atoms with Crippen LogP contribution in [0, 0.1) is 5.82 Å². The summed E-state index contributed by atoms with van der Waals surface area (Å²) in [6.07, 6.45) is 6.69. The zero-order valence-electron chi connectivity index (χ0n) is 17.8. The highest BCUT2D eigenvalue weighted by atomic mass is 19.1. The zero-order chi connectivity index (χ0) is 22.2. The number of aryl methyl sites for hydroxylation is 1. The summed E-state index contributed by atoms with van der Waals surface area (Å²) in [5, 5.41) is 17.6. The van der Waals surface area contributed by atoms with Crippen LogP contribution < -0.4 is 0 Å². The number of hydrogen-bond acceptors (Lipinski definition) is 5. The van der Waals surface area contributed by atoms with E-state index in [1.807, 2.05) is 18.1 Å². The first-order valence-corrected chi connectivity index (χ1v) is 10.0. The van der Waals surface area contributed by atoms with Crippen LogP contribution in [0.5, 0.6) is 0 Å². The maximum absolute atomic E-state index is 14.4. The van der Waals surface area contributed by atoms with E-state index in [1.54, 1.807) is 42.2 Å². The third-order valence-corrected chi connectivity index (χ3v) is 5.00. The first-order chi connectivity index (χ1) is 15.0. The molecule has 8 nitrogen and oxygen atoms in total. The van der Waals surface area contributed by atoms with Gasteiger partial charge in [0.1, 0.15) is 12.4 Å². The summed E-state index contributed by atoms with van der Waals surface area (Å²) >= 11 is 0. The molecule has 1 N–H and O–H groups in total. The normalized spacial score (nSPS) is 15.2. The molecule has 31 heavy (non-hydrogen) atoms. The van der Waals surface area contributed by atoms with Gasteiger partial charge in [-0.05, 0) is 19.2 Å². The van der Waals surface area contributed by atoms with Gasteiger partial charge in [0.15, 0.2) is 0 Å². The van der Waals surface area contributed by atoms with E-state index in [4.69, 9.17) is 4.84 Å². The predicted octanol–water partition coefficient (Wildman–Crippen LogP) is 3.14. The highest BCUT2D eigenvalue weighted by molar-refractivity contribution is 5.90. The van der Waals surface area contributed by atoms with Crippen LogP contribution in [0.2, 0.25) is 0 Å². The number of guanidine groups is 1. The second-order valence-electron chi connectivity index (χ2n) is 7.28. The van der Waals surface area contributed by atoms with Crippen LogP contribution in [-0.4, -0.2) is 51.3 Å². The van der Waals surface area contributed by atoms with Crippen molar-refractivity contribution in [1.29, 1.82) is 0 Å². The Balaban J connectivity index is 1.59. The molecule has 0 saturated carbocycles. The van der Waals surface area contributed by atoms with E-state index in [0.29, 0.717) is 36.8 Å². The van der Waals surface area contributed by atoms with Crippen molar-refractivity contribution in [2.45, 2.75) is 33.0 Å². The average Bonchev–Trinajstić information content (AvgIpc) is 3.20. The van der Waals surface area contributed by atoms with Gasteiger partial charge in [0.25, 0.3) is 0 Å². The molecule has 0 spiro atoms. The summed E-state index contributed by atoms with van der Waals surface area (Å²) in [7, 11) is 1.86. The molecule has 0 radical (unpaired) electrons. The standard InChI is InChI=1S/C22H27FN6O2/c1-16(20-6-4-5-18(14-30)21(20)23)11-25-22(24-2)29-9-7-19(8-10-29)27-31-15-17-12-26-28(3)13-17/h4-6,11-13,30H,2,7-10,14-15H2,1,3H3/b16-11+,25-22+. The smallest absolute Gasteiger partial charge is 0.224 e. The van der Waals surface area contributed by atoms with E-state index in [2.05, 4.69) is 27.0 Å². The molecular formula is C22H27FN6O2. The molecule has 1 aromatic carbocycles. The van der Waals surface area contributed by atoms with Crippen LogP contribution in [0.3, 0.4) is 0 Å². The van der Waals surface area contributed by atoms with Crippen molar-refractivity contribution in [1.82, 2.24) is 14.7 Å². The second kappa shape index (κ2) is 10.6. The number of hydrogen-bond donors (Lipinski definition) is 1. The molecule has 0 aliphatic carbocycles. The molecule has 1 aliphatic heterocycles. The fourth-order valence-corrected chi connectivity index (χ4v) is 3.25. The average molecular weight is 426 g/mol. The summed E-state index contributed by atoms with van der Waals surface area (Å²) in [5.74, 6) is 0.0422. The number of aliphatic imine (C=N–C) groups is 2. The first kappa shape index (κ1) is 22.4. The summed E-state index contributed by atoms with van der Waals surface area (Å²) < 4.78 is 16.1. The Labute approximate surface area is 181 Å². The fourth-order valence-electron chi connectivity index (χ4n) is 3.25. The molecule has 0 unspecified atom stereocenters. The number of aliphatic hydroxyl groups is 1. The summed E-state index contributed by atoms with van der Waals surface area (Å²) in [4.78, 5) is 15.9. The third-order valence-electron chi connectivity index (χ3n) is 5.00. The molecule has 164 valence electrons. The summed E-state index contributed by atoms with van der Waals surface area (Å²) in [6, 6.07) is 4.92. The van der Waals surface area contributed by atoms with Crippen LogP contribution in [0.4, 0.5) is 4.39 Å². The molecule has 2 heterocycles. The minimum atomic E-state index is -0.438. The molecule has 2 aromatic rings. The number of halogens is 1. The van der Waals surface area contributed by atoms with Gasteiger partial charge in [-0.15, -0.1) is 0 Å². The molecule has 3 rings (SSSR count). The van der Waals surface area contributed by atoms with E-state index in [1.165, 1.54) is 0 Å². The Morgan fingerprint density at radius 2 is 2.13 bits per heavy atom. The van der Waals surface area contributed by atoms with E-state index in [9.17, 15) is 9.50 Å². The monoisotopic (exact) mass is 426 g/mol. The summed E-state index contributed by atoms with van der Waals surface area (Å²) in [5.41, 5.74) is 3.25. The Hall–Kier alpha value is -3.33. The maximum Gasteiger partial charge on any atom is 0.224 e. The quantitative estimate of drug-likeness (QED) is 0.437. The molecule has 1 fully saturated rings. The molecule has 9 heteroatoms. The van der Waals surface area contributed by atoms with E-state index < -0.39 is 5.82 Å². The number of benzene rings is 1. The van der Waals surface area contributed by atoms with Crippen molar-refractivity contribution in [3.05, 3.63) is 59.3 Å². The van der Waals surface area contributed by atoms with Crippen molar-refractivity contribution >= 4 is 24.0 Å². The van der Waals surface area contributed by atoms with Gasteiger partial charge in [0, 0.05) is 62.1 Å².